The van der Waals surface area contributed by atoms with Crippen LogP contribution in [0.4, 0.5) is 0 Å². The highest BCUT2D eigenvalue weighted by Gasteiger charge is 2.21. The minimum Gasteiger partial charge on any atom is -0.496 e. The van der Waals surface area contributed by atoms with Gasteiger partial charge in [0.2, 0.25) is 0 Å². The van der Waals surface area contributed by atoms with Crippen molar-refractivity contribution in [1.82, 2.24) is 0 Å². The first-order chi connectivity index (χ1) is 11.2. The summed E-state index contributed by atoms with van der Waals surface area (Å²) in [7, 11) is 2.95. The third-order valence-electron chi connectivity index (χ3n) is 3.78. The standard InChI is InChI=1S/C19H15ClO3/c1-22-16-11-10-12-6-3-4-7-13(12)17(16)14-8-5-9-15(20)18(14)19(21)23-2/h3-11H,1-2H3. The van der Waals surface area contributed by atoms with Gasteiger partial charge in [0.15, 0.2) is 0 Å². The number of carbonyl (C=O) groups is 1. The summed E-state index contributed by atoms with van der Waals surface area (Å²) in [6, 6.07) is 17.1. The van der Waals surface area contributed by atoms with Crippen LogP contribution in [0.25, 0.3) is 21.9 Å². The van der Waals surface area contributed by atoms with Crippen LogP contribution in [-0.2, 0) is 4.74 Å². The van der Waals surface area contributed by atoms with Crippen LogP contribution in [0.1, 0.15) is 10.4 Å². The fraction of sp³-hybridized carbons (Fsp3) is 0.105. The number of rotatable bonds is 3. The maximum atomic E-state index is 12.2. The molecule has 0 aliphatic rings. The Bertz CT molecular complexity index is 887. The molecule has 0 saturated carbocycles. The Morgan fingerprint density at radius 3 is 2.48 bits per heavy atom. The average molecular weight is 327 g/mol. The van der Waals surface area contributed by atoms with Crippen molar-refractivity contribution in [3.63, 3.8) is 0 Å². The third-order valence-corrected chi connectivity index (χ3v) is 4.10. The van der Waals surface area contributed by atoms with E-state index in [1.807, 2.05) is 48.5 Å². The van der Waals surface area contributed by atoms with Gasteiger partial charge in [-0.05, 0) is 22.9 Å². The molecule has 3 rings (SSSR count). The second-order valence-corrected chi connectivity index (χ2v) is 5.43. The first kappa shape index (κ1) is 15.4. The maximum absolute atomic E-state index is 12.2. The number of halogens is 1. The lowest BCUT2D eigenvalue weighted by molar-refractivity contribution is 0.0602. The molecular formula is C19H15ClO3. The van der Waals surface area contributed by atoms with Crippen LogP contribution in [-0.4, -0.2) is 20.2 Å². The molecule has 0 aromatic heterocycles. The highest BCUT2D eigenvalue weighted by atomic mass is 35.5. The molecule has 0 heterocycles. The molecule has 0 unspecified atom stereocenters. The van der Waals surface area contributed by atoms with Crippen molar-refractivity contribution >= 4 is 28.3 Å². The van der Waals surface area contributed by atoms with Crippen molar-refractivity contribution in [3.05, 3.63) is 65.2 Å². The molecule has 3 nitrogen and oxygen atoms in total. The Hall–Kier alpha value is -2.52. The molecule has 4 heteroatoms. The smallest absolute Gasteiger partial charge is 0.340 e. The normalized spacial score (nSPS) is 10.6. The number of esters is 1. The van der Waals surface area contributed by atoms with Crippen LogP contribution in [0.3, 0.4) is 0 Å². The summed E-state index contributed by atoms with van der Waals surface area (Å²) in [4.78, 5) is 12.2. The molecule has 0 N–H and O–H groups in total. The Labute approximate surface area is 139 Å². The van der Waals surface area contributed by atoms with Crippen LogP contribution >= 0.6 is 11.6 Å². The van der Waals surface area contributed by atoms with Gasteiger partial charge in [-0.15, -0.1) is 0 Å². The second-order valence-electron chi connectivity index (χ2n) is 5.02. The van der Waals surface area contributed by atoms with Gasteiger partial charge in [0.1, 0.15) is 5.75 Å². The summed E-state index contributed by atoms with van der Waals surface area (Å²) in [5, 5.41) is 2.39. The number of hydrogen-bond donors (Lipinski definition) is 0. The summed E-state index contributed by atoms with van der Waals surface area (Å²) >= 11 is 6.26. The van der Waals surface area contributed by atoms with Gasteiger partial charge in [-0.3, -0.25) is 0 Å². The Kier molecular flexibility index (Phi) is 4.22. The van der Waals surface area contributed by atoms with Gasteiger partial charge in [0, 0.05) is 11.1 Å². The molecule has 0 amide bonds. The zero-order valence-corrected chi connectivity index (χ0v) is 13.6. The number of hydrogen-bond acceptors (Lipinski definition) is 3. The van der Waals surface area contributed by atoms with Gasteiger partial charge in [0.05, 0.1) is 24.8 Å². The number of fused-ring (bicyclic) bond motifs is 1. The van der Waals surface area contributed by atoms with Gasteiger partial charge in [-0.1, -0.05) is 54.1 Å². The first-order valence-corrected chi connectivity index (χ1v) is 7.48. The summed E-state index contributed by atoms with van der Waals surface area (Å²) in [5.74, 6) is 0.205. The Balaban J connectivity index is 2.42. The van der Waals surface area contributed by atoms with Crippen LogP contribution in [0.2, 0.25) is 5.02 Å². The van der Waals surface area contributed by atoms with E-state index in [0.717, 1.165) is 16.3 Å². The van der Waals surface area contributed by atoms with E-state index in [2.05, 4.69) is 0 Å². The lowest BCUT2D eigenvalue weighted by Gasteiger charge is -2.15. The number of benzene rings is 3. The predicted molar refractivity (Wildman–Crippen MR) is 92.3 cm³/mol. The van der Waals surface area contributed by atoms with Crippen LogP contribution in [0.15, 0.2) is 54.6 Å². The lowest BCUT2D eigenvalue weighted by atomic mass is 9.93. The van der Waals surface area contributed by atoms with Crippen molar-refractivity contribution in [2.45, 2.75) is 0 Å². The summed E-state index contributed by atoms with van der Waals surface area (Å²) in [6.45, 7) is 0. The molecule has 0 fully saturated rings. The van der Waals surface area contributed by atoms with Crippen molar-refractivity contribution < 1.29 is 14.3 Å². The largest absolute Gasteiger partial charge is 0.496 e. The predicted octanol–water partition coefficient (Wildman–Crippen LogP) is 4.96. The highest BCUT2D eigenvalue weighted by molar-refractivity contribution is 6.34. The molecule has 3 aromatic rings. The zero-order valence-electron chi connectivity index (χ0n) is 12.8. The third kappa shape index (κ3) is 2.64. The van der Waals surface area contributed by atoms with E-state index >= 15 is 0 Å². The molecule has 0 radical (unpaired) electrons. The highest BCUT2D eigenvalue weighted by Crippen LogP contribution is 2.40. The van der Waals surface area contributed by atoms with Crippen molar-refractivity contribution in [2.24, 2.45) is 0 Å². The fourth-order valence-corrected chi connectivity index (χ4v) is 2.99. The Morgan fingerprint density at radius 2 is 1.74 bits per heavy atom. The molecule has 0 atom stereocenters. The average Bonchev–Trinajstić information content (AvgIpc) is 2.59. The van der Waals surface area contributed by atoms with E-state index in [1.165, 1.54) is 7.11 Å². The quantitative estimate of drug-likeness (QED) is 0.638. The SMILES string of the molecule is COC(=O)c1c(Cl)cccc1-c1c(OC)ccc2ccccc12. The molecule has 23 heavy (non-hydrogen) atoms. The molecule has 3 aromatic carbocycles. The van der Waals surface area contributed by atoms with Gasteiger partial charge < -0.3 is 9.47 Å². The summed E-state index contributed by atoms with van der Waals surface area (Å²) < 4.78 is 10.4. The molecule has 0 saturated heterocycles. The number of methoxy groups -OCH3 is 2. The summed E-state index contributed by atoms with van der Waals surface area (Å²) in [5.41, 5.74) is 1.86. The van der Waals surface area contributed by atoms with Gasteiger partial charge in [-0.25, -0.2) is 4.79 Å². The monoisotopic (exact) mass is 326 g/mol. The van der Waals surface area contributed by atoms with E-state index in [0.29, 0.717) is 21.9 Å². The molecule has 0 spiro atoms. The minimum absolute atomic E-state index is 0.339. The van der Waals surface area contributed by atoms with E-state index < -0.39 is 5.97 Å². The number of ether oxygens (including phenoxy) is 2. The molecule has 0 bridgehead atoms. The maximum Gasteiger partial charge on any atom is 0.340 e. The van der Waals surface area contributed by atoms with Crippen LogP contribution in [0.5, 0.6) is 5.75 Å². The zero-order chi connectivity index (χ0) is 16.4. The Morgan fingerprint density at radius 1 is 0.957 bits per heavy atom. The van der Waals surface area contributed by atoms with Gasteiger partial charge >= 0.3 is 5.97 Å². The topological polar surface area (TPSA) is 35.5 Å². The van der Waals surface area contributed by atoms with E-state index in [-0.39, 0.29) is 0 Å². The van der Waals surface area contributed by atoms with Crippen molar-refractivity contribution in [3.8, 4) is 16.9 Å². The molecule has 0 aliphatic heterocycles. The molecular weight excluding hydrogens is 312 g/mol. The van der Waals surface area contributed by atoms with Crippen LogP contribution in [0, 0.1) is 0 Å². The van der Waals surface area contributed by atoms with Crippen molar-refractivity contribution in [2.75, 3.05) is 14.2 Å². The van der Waals surface area contributed by atoms with Gasteiger partial charge in [0.25, 0.3) is 0 Å². The fourth-order valence-electron chi connectivity index (χ4n) is 2.74. The van der Waals surface area contributed by atoms with Gasteiger partial charge in [-0.2, -0.15) is 0 Å². The van der Waals surface area contributed by atoms with E-state index in [9.17, 15) is 4.79 Å². The minimum atomic E-state index is -0.472. The first-order valence-electron chi connectivity index (χ1n) is 7.10. The number of carbonyl (C=O) groups excluding carboxylic acids is 1. The van der Waals surface area contributed by atoms with Crippen LogP contribution < -0.4 is 4.74 Å². The van der Waals surface area contributed by atoms with Crippen molar-refractivity contribution in [1.29, 1.82) is 0 Å². The molecule has 116 valence electrons. The van der Waals surface area contributed by atoms with E-state index in [1.54, 1.807) is 13.2 Å². The lowest BCUT2D eigenvalue weighted by Crippen LogP contribution is -2.05. The second kappa shape index (κ2) is 6.31. The van der Waals surface area contributed by atoms with E-state index in [4.69, 9.17) is 21.1 Å². The molecule has 0 aliphatic carbocycles. The summed E-state index contributed by atoms with van der Waals surface area (Å²) in [6.07, 6.45) is 0.